The third kappa shape index (κ3) is 1.37. The molecule has 0 atom stereocenters. The third-order valence-corrected chi connectivity index (χ3v) is 4.31. The van der Waals surface area contributed by atoms with Crippen LogP contribution in [-0.4, -0.2) is 13.6 Å². The van der Waals surface area contributed by atoms with E-state index in [0.29, 0.717) is 5.41 Å². The first-order chi connectivity index (χ1) is 6.86. The summed E-state index contributed by atoms with van der Waals surface area (Å²) in [4.78, 5) is 2.38. The van der Waals surface area contributed by atoms with Crippen molar-refractivity contribution < 1.29 is 0 Å². The number of anilines is 1. The van der Waals surface area contributed by atoms with Gasteiger partial charge in [0, 0.05) is 19.3 Å². The predicted octanol–water partition coefficient (Wildman–Crippen LogP) is 3.44. The molecule has 1 nitrogen and oxygen atoms in total. The molecule has 1 aromatic carbocycles. The average Bonchev–Trinajstić information content (AvgIpc) is 2.15. The second-order valence-electron chi connectivity index (χ2n) is 5.88. The predicted molar refractivity (Wildman–Crippen MR) is 66.5 cm³/mol. The summed E-state index contributed by atoms with van der Waals surface area (Å²) in [5, 5.41) is 0. The maximum Gasteiger partial charge on any atom is 0.0402 e. The molecule has 1 heterocycles. The molecular weight excluding hydrogens is 182 g/mol. The summed E-state index contributed by atoms with van der Waals surface area (Å²) in [6, 6.07) is 8.78. The number of hydrogen-bond donors (Lipinski definition) is 0. The summed E-state index contributed by atoms with van der Waals surface area (Å²) in [5.41, 5.74) is 3.43. The lowest BCUT2D eigenvalue weighted by Crippen LogP contribution is -2.49. The van der Waals surface area contributed by atoms with Crippen LogP contribution >= 0.6 is 0 Å². The number of fused-ring (bicyclic) bond motifs is 1. The Labute approximate surface area is 93.1 Å². The largest absolute Gasteiger partial charge is 0.374 e. The summed E-state index contributed by atoms with van der Waals surface area (Å²) in [6.45, 7) is 10.6. The van der Waals surface area contributed by atoms with Gasteiger partial charge in [-0.1, -0.05) is 45.9 Å². The molecule has 0 radical (unpaired) electrons. The zero-order chi connectivity index (χ0) is 11.3. The van der Waals surface area contributed by atoms with Crippen LogP contribution in [0.25, 0.3) is 0 Å². The Balaban J connectivity index is 2.63. The molecular formula is C14H21N. The summed E-state index contributed by atoms with van der Waals surface area (Å²) in [5.74, 6) is 0. The van der Waals surface area contributed by atoms with Gasteiger partial charge in [-0.05, 0) is 22.5 Å². The summed E-state index contributed by atoms with van der Waals surface area (Å²) < 4.78 is 0. The van der Waals surface area contributed by atoms with Crippen LogP contribution in [-0.2, 0) is 5.41 Å². The number of rotatable bonds is 0. The number of hydrogen-bond acceptors (Lipinski definition) is 1. The molecule has 0 bridgehead atoms. The molecule has 1 aromatic rings. The van der Waals surface area contributed by atoms with Crippen LogP contribution in [0.15, 0.2) is 24.3 Å². The van der Waals surface area contributed by atoms with Crippen LogP contribution in [0, 0.1) is 5.41 Å². The summed E-state index contributed by atoms with van der Waals surface area (Å²) in [6.07, 6.45) is 0. The van der Waals surface area contributed by atoms with E-state index in [1.807, 2.05) is 0 Å². The van der Waals surface area contributed by atoms with Crippen molar-refractivity contribution in [3.8, 4) is 0 Å². The van der Waals surface area contributed by atoms with E-state index in [0.717, 1.165) is 6.54 Å². The van der Waals surface area contributed by atoms with Gasteiger partial charge in [-0.3, -0.25) is 0 Å². The minimum atomic E-state index is 0.246. The molecule has 1 aliphatic heterocycles. The monoisotopic (exact) mass is 203 g/mol. The van der Waals surface area contributed by atoms with Gasteiger partial charge in [0.2, 0.25) is 0 Å². The lowest BCUT2D eigenvalue weighted by atomic mass is 9.61. The Hall–Kier alpha value is -0.980. The molecule has 0 unspecified atom stereocenters. The average molecular weight is 203 g/mol. The lowest BCUT2D eigenvalue weighted by molar-refractivity contribution is 0.193. The van der Waals surface area contributed by atoms with E-state index >= 15 is 0 Å². The Morgan fingerprint density at radius 3 is 2.33 bits per heavy atom. The number of benzene rings is 1. The molecule has 0 spiro atoms. The Bertz CT molecular complexity index is 377. The van der Waals surface area contributed by atoms with E-state index in [1.165, 1.54) is 11.3 Å². The highest BCUT2D eigenvalue weighted by molar-refractivity contribution is 5.59. The topological polar surface area (TPSA) is 3.24 Å². The van der Waals surface area contributed by atoms with E-state index in [1.54, 1.807) is 0 Å². The molecule has 0 amide bonds. The van der Waals surface area contributed by atoms with Gasteiger partial charge in [0.05, 0.1) is 0 Å². The molecule has 82 valence electrons. The highest BCUT2D eigenvalue weighted by Gasteiger charge is 2.44. The quantitative estimate of drug-likeness (QED) is 0.624. The maximum atomic E-state index is 2.38. The zero-order valence-electron chi connectivity index (χ0n) is 10.5. The van der Waals surface area contributed by atoms with Crippen LogP contribution in [0.4, 0.5) is 5.69 Å². The molecule has 1 heteroatoms. The van der Waals surface area contributed by atoms with Gasteiger partial charge >= 0.3 is 0 Å². The highest BCUT2D eigenvalue weighted by Crippen LogP contribution is 2.49. The second kappa shape index (κ2) is 3.01. The van der Waals surface area contributed by atoms with Crippen LogP contribution in [0.2, 0.25) is 0 Å². The molecule has 15 heavy (non-hydrogen) atoms. The van der Waals surface area contributed by atoms with E-state index in [4.69, 9.17) is 0 Å². The van der Waals surface area contributed by atoms with E-state index < -0.39 is 0 Å². The van der Waals surface area contributed by atoms with Crippen molar-refractivity contribution >= 4 is 5.69 Å². The Morgan fingerprint density at radius 2 is 1.67 bits per heavy atom. The van der Waals surface area contributed by atoms with Crippen molar-refractivity contribution in [3.63, 3.8) is 0 Å². The Kier molecular flexibility index (Phi) is 2.11. The van der Waals surface area contributed by atoms with Crippen molar-refractivity contribution in [1.29, 1.82) is 0 Å². The molecule has 1 aliphatic rings. The maximum absolute atomic E-state index is 2.38. The molecule has 0 N–H and O–H groups in total. The Morgan fingerprint density at radius 1 is 1.07 bits per heavy atom. The van der Waals surface area contributed by atoms with Crippen molar-refractivity contribution in [1.82, 2.24) is 0 Å². The fraction of sp³-hybridized carbons (Fsp3) is 0.571. The van der Waals surface area contributed by atoms with Crippen LogP contribution < -0.4 is 4.90 Å². The first kappa shape index (κ1) is 10.5. The fourth-order valence-corrected chi connectivity index (χ4v) is 2.58. The molecule has 0 fully saturated rings. The van der Waals surface area contributed by atoms with Crippen LogP contribution in [0.5, 0.6) is 0 Å². The molecule has 0 aliphatic carbocycles. The van der Waals surface area contributed by atoms with Crippen molar-refractivity contribution in [2.75, 3.05) is 18.5 Å². The van der Waals surface area contributed by atoms with E-state index in [-0.39, 0.29) is 5.41 Å². The van der Waals surface area contributed by atoms with Gasteiger partial charge in [0.25, 0.3) is 0 Å². The second-order valence-corrected chi connectivity index (χ2v) is 5.88. The molecule has 0 aromatic heterocycles. The van der Waals surface area contributed by atoms with Crippen molar-refractivity contribution in [3.05, 3.63) is 29.8 Å². The third-order valence-electron chi connectivity index (χ3n) is 4.31. The molecule has 2 rings (SSSR count). The summed E-state index contributed by atoms with van der Waals surface area (Å²) >= 11 is 0. The van der Waals surface area contributed by atoms with Crippen LogP contribution in [0.1, 0.15) is 33.3 Å². The highest BCUT2D eigenvalue weighted by atomic mass is 15.1. The van der Waals surface area contributed by atoms with Gasteiger partial charge in [-0.2, -0.15) is 0 Å². The van der Waals surface area contributed by atoms with E-state index in [2.05, 4.69) is 63.9 Å². The SMILES string of the molecule is CN1CC(C)(C)C(C)(C)c2ccccc21. The van der Waals surface area contributed by atoms with Crippen LogP contribution in [0.3, 0.4) is 0 Å². The lowest BCUT2D eigenvalue weighted by Gasteiger charge is -2.50. The van der Waals surface area contributed by atoms with E-state index in [9.17, 15) is 0 Å². The van der Waals surface area contributed by atoms with Crippen molar-refractivity contribution in [2.45, 2.75) is 33.1 Å². The van der Waals surface area contributed by atoms with Gasteiger partial charge in [-0.25, -0.2) is 0 Å². The minimum absolute atomic E-state index is 0.246. The van der Waals surface area contributed by atoms with Gasteiger partial charge < -0.3 is 4.90 Å². The number of para-hydroxylation sites is 1. The van der Waals surface area contributed by atoms with Gasteiger partial charge in [0.1, 0.15) is 0 Å². The molecule has 0 saturated heterocycles. The first-order valence-corrected chi connectivity index (χ1v) is 5.67. The number of nitrogens with zero attached hydrogens (tertiary/aromatic N) is 1. The summed E-state index contributed by atoms with van der Waals surface area (Å²) in [7, 11) is 2.19. The first-order valence-electron chi connectivity index (χ1n) is 5.67. The van der Waals surface area contributed by atoms with Gasteiger partial charge in [-0.15, -0.1) is 0 Å². The minimum Gasteiger partial charge on any atom is -0.374 e. The molecule has 0 saturated carbocycles. The van der Waals surface area contributed by atoms with Crippen molar-refractivity contribution in [2.24, 2.45) is 5.41 Å². The fourth-order valence-electron chi connectivity index (χ4n) is 2.58. The normalized spacial score (nSPS) is 22.3. The smallest absolute Gasteiger partial charge is 0.0402 e. The van der Waals surface area contributed by atoms with Gasteiger partial charge in [0.15, 0.2) is 0 Å². The standard InChI is InChI=1S/C14H21N/c1-13(2)10-15(5)12-9-7-6-8-11(12)14(13,3)4/h6-9H,10H2,1-5H3. The zero-order valence-corrected chi connectivity index (χ0v) is 10.5.